The van der Waals surface area contributed by atoms with Crippen LogP contribution in [-0.2, 0) is 0 Å². The number of halogens is 3. The molecule has 0 bridgehead atoms. The Kier molecular flexibility index (Phi) is 7.49. The third-order valence-electron chi connectivity index (χ3n) is 6.86. The molecule has 0 unspecified atom stereocenters. The Morgan fingerprint density at radius 1 is 0.815 bits per heavy atom. The zero-order valence-corrected chi connectivity index (χ0v) is 16.5. The average Bonchev–Trinajstić information content (AvgIpc) is 2.69. The Hall–Kier alpha value is -1.19. The van der Waals surface area contributed by atoms with E-state index < -0.39 is 17.5 Å². The van der Waals surface area contributed by atoms with E-state index in [-0.39, 0.29) is 5.75 Å². The molecule has 0 aliphatic heterocycles. The van der Waals surface area contributed by atoms with E-state index >= 15 is 0 Å². The van der Waals surface area contributed by atoms with Crippen molar-refractivity contribution in [1.29, 1.82) is 0 Å². The third kappa shape index (κ3) is 5.65. The van der Waals surface area contributed by atoms with Crippen LogP contribution in [-0.4, -0.2) is 6.61 Å². The van der Waals surface area contributed by atoms with Gasteiger partial charge in [0.1, 0.15) is 5.75 Å². The molecule has 0 radical (unpaired) electrons. The van der Waals surface area contributed by atoms with Crippen molar-refractivity contribution < 1.29 is 17.9 Å². The SMILES string of the molecule is CCCCC1CCC(C2CCC(COc3cc(F)c(F)c(F)c3)CC2)CC1. The van der Waals surface area contributed by atoms with E-state index in [0.717, 1.165) is 42.7 Å². The molecule has 2 fully saturated rings. The monoisotopic (exact) mass is 382 g/mol. The number of rotatable bonds is 7. The predicted octanol–water partition coefficient (Wildman–Crippen LogP) is 7.29. The summed E-state index contributed by atoms with van der Waals surface area (Å²) in [5, 5.41) is 0. The van der Waals surface area contributed by atoms with E-state index in [1.54, 1.807) is 0 Å². The summed E-state index contributed by atoms with van der Waals surface area (Å²) in [6.45, 7) is 2.73. The summed E-state index contributed by atoms with van der Waals surface area (Å²) in [6, 6.07) is 1.86. The van der Waals surface area contributed by atoms with Crippen LogP contribution in [0.3, 0.4) is 0 Å². The van der Waals surface area contributed by atoms with Crippen molar-refractivity contribution in [3.63, 3.8) is 0 Å². The Balaban J connectivity index is 1.38. The van der Waals surface area contributed by atoms with Gasteiger partial charge in [0.05, 0.1) is 6.61 Å². The standard InChI is InChI=1S/C23H33F3O/c1-2-3-4-16-5-9-18(10-6-16)19-11-7-17(8-12-19)15-27-20-13-21(24)23(26)22(25)14-20/h13-14,16-19H,2-12,15H2,1H3. The molecule has 1 nitrogen and oxygen atoms in total. The minimum atomic E-state index is -1.44. The van der Waals surface area contributed by atoms with E-state index in [4.69, 9.17) is 4.74 Å². The molecule has 0 heterocycles. The molecule has 0 atom stereocenters. The van der Waals surface area contributed by atoms with Crippen LogP contribution in [0.4, 0.5) is 13.2 Å². The smallest absolute Gasteiger partial charge is 0.194 e. The first-order valence-electron chi connectivity index (χ1n) is 10.8. The highest BCUT2D eigenvalue weighted by molar-refractivity contribution is 5.25. The molecule has 0 saturated heterocycles. The molecular weight excluding hydrogens is 349 g/mol. The largest absolute Gasteiger partial charge is 0.493 e. The molecule has 1 aromatic carbocycles. The van der Waals surface area contributed by atoms with E-state index in [9.17, 15) is 13.2 Å². The van der Waals surface area contributed by atoms with Gasteiger partial charge in [-0.15, -0.1) is 0 Å². The molecule has 0 N–H and O–H groups in total. The summed E-state index contributed by atoms with van der Waals surface area (Å²) in [5.41, 5.74) is 0. The zero-order valence-electron chi connectivity index (χ0n) is 16.5. The highest BCUT2D eigenvalue weighted by Crippen LogP contribution is 2.42. The van der Waals surface area contributed by atoms with E-state index in [0.29, 0.717) is 12.5 Å². The summed E-state index contributed by atoms with van der Waals surface area (Å²) in [7, 11) is 0. The molecule has 3 rings (SSSR count). The Bertz CT molecular complexity index is 564. The van der Waals surface area contributed by atoms with Crippen molar-refractivity contribution in [2.75, 3.05) is 6.61 Å². The Morgan fingerprint density at radius 2 is 1.33 bits per heavy atom. The van der Waals surface area contributed by atoms with Crippen LogP contribution in [0, 0.1) is 41.1 Å². The van der Waals surface area contributed by atoms with Crippen LogP contribution in [0.2, 0.25) is 0 Å². The maximum atomic E-state index is 13.3. The fraction of sp³-hybridized carbons (Fsp3) is 0.739. The van der Waals surface area contributed by atoms with Crippen LogP contribution in [0.25, 0.3) is 0 Å². The molecular formula is C23H33F3O. The van der Waals surface area contributed by atoms with Gasteiger partial charge >= 0.3 is 0 Å². The lowest BCUT2D eigenvalue weighted by Crippen LogP contribution is -2.27. The molecule has 4 heteroatoms. The Labute approximate surface area is 161 Å². The fourth-order valence-electron chi connectivity index (χ4n) is 5.10. The summed E-state index contributed by atoms with van der Waals surface area (Å²) in [6.07, 6.45) is 14.4. The second kappa shape index (κ2) is 9.84. The number of hydrogen-bond acceptors (Lipinski definition) is 1. The second-order valence-electron chi connectivity index (χ2n) is 8.72. The highest BCUT2D eigenvalue weighted by atomic mass is 19.2. The van der Waals surface area contributed by atoms with Crippen molar-refractivity contribution in [2.45, 2.75) is 77.6 Å². The second-order valence-corrected chi connectivity index (χ2v) is 8.72. The average molecular weight is 383 g/mol. The van der Waals surface area contributed by atoms with Crippen LogP contribution >= 0.6 is 0 Å². The van der Waals surface area contributed by atoms with Gasteiger partial charge in [0.2, 0.25) is 0 Å². The molecule has 2 saturated carbocycles. The molecule has 2 aliphatic rings. The Morgan fingerprint density at radius 3 is 1.85 bits per heavy atom. The number of ether oxygens (including phenoxy) is 1. The molecule has 0 aromatic heterocycles. The number of benzene rings is 1. The minimum Gasteiger partial charge on any atom is -0.493 e. The zero-order chi connectivity index (χ0) is 19.2. The molecule has 152 valence electrons. The van der Waals surface area contributed by atoms with Gasteiger partial charge in [-0.05, 0) is 62.2 Å². The first-order chi connectivity index (χ1) is 13.1. The lowest BCUT2D eigenvalue weighted by atomic mass is 9.69. The van der Waals surface area contributed by atoms with Gasteiger partial charge in [0.25, 0.3) is 0 Å². The van der Waals surface area contributed by atoms with Gasteiger partial charge in [-0.1, -0.05) is 39.0 Å². The molecule has 0 amide bonds. The number of unbranched alkanes of at least 4 members (excludes halogenated alkanes) is 1. The summed E-state index contributed by atoms with van der Waals surface area (Å²) >= 11 is 0. The molecule has 2 aliphatic carbocycles. The van der Waals surface area contributed by atoms with E-state index in [1.165, 1.54) is 57.8 Å². The van der Waals surface area contributed by atoms with Crippen LogP contribution in [0.1, 0.15) is 77.6 Å². The van der Waals surface area contributed by atoms with Crippen LogP contribution in [0.5, 0.6) is 5.75 Å². The van der Waals surface area contributed by atoms with E-state index in [2.05, 4.69) is 6.92 Å². The summed E-state index contributed by atoms with van der Waals surface area (Å²) < 4.78 is 45.1. The number of hydrogen-bond donors (Lipinski definition) is 0. The third-order valence-corrected chi connectivity index (χ3v) is 6.86. The first-order valence-corrected chi connectivity index (χ1v) is 10.8. The lowest BCUT2D eigenvalue weighted by Gasteiger charge is -2.37. The topological polar surface area (TPSA) is 9.23 Å². The summed E-state index contributed by atoms with van der Waals surface area (Å²) in [5.74, 6) is -0.613. The van der Waals surface area contributed by atoms with Crippen molar-refractivity contribution in [3.05, 3.63) is 29.6 Å². The van der Waals surface area contributed by atoms with Crippen molar-refractivity contribution in [1.82, 2.24) is 0 Å². The highest BCUT2D eigenvalue weighted by Gasteiger charge is 2.31. The van der Waals surface area contributed by atoms with Crippen molar-refractivity contribution in [3.8, 4) is 5.75 Å². The normalized spacial score (nSPS) is 28.9. The lowest BCUT2D eigenvalue weighted by molar-refractivity contribution is 0.121. The van der Waals surface area contributed by atoms with Gasteiger partial charge in [-0.3, -0.25) is 0 Å². The quantitative estimate of drug-likeness (QED) is 0.450. The van der Waals surface area contributed by atoms with Crippen molar-refractivity contribution >= 4 is 0 Å². The first kappa shape index (κ1) is 20.5. The van der Waals surface area contributed by atoms with Gasteiger partial charge in [0, 0.05) is 12.1 Å². The van der Waals surface area contributed by atoms with Gasteiger partial charge in [0.15, 0.2) is 17.5 Å². The predicted molar refractivity (Wildman–Crippen MR) is 102 cm³/mol. The van der Waals surface area contributed by atoms with Crippen molar-refractivity contribution in [2.24, 2.45) is 23.7 Å². The van der Waals surface area contributed by atoms with Gasteiger partial charge in [-0.25, -0.2) is 13.2 Å². The molecule has 27 heavy (non-hydrogen) atoms. The van der Waals surface area contributed by atoms with Crippen LogP contribution in [0.15, 0.2) is 12.1 Å². The summed E-state index contributed by atoms with van der Waals surface area (Å²) in [4.78, 5) is 0. The van der Waals surface area contributed by atoms with Gasteiger partial charge in [-0.2, -0.15) is 0 Å². The molecule has 1 aromatic rings. The fourth-order valence-corrected chi connectivity index (χ4v) is 5.10. The molecule has 0 spiro atoms. The van der Waals surface area contributed by atoms with Crippen LogP contribution < -0.4 is 4.74 Å². The van der Waals surface area contributed by atoms with Gasteiger partial charge < -0.3 is 4.74 Å². The maximum absolute atomic E-state index is 13.3. The van der Waals surface area contributed by atoms with E-state index in [1.807, 2.05) is 0 Å². The maximum Gasteiger partial charge on any atom is 0.194 e. The minimum absolute atomic E-state index is 0.0823.